The van der Waals surface area contributed by atoms with E-state index in [1.165, 1.54) is 11.1 Å². The van der Waals surface area contributed by atoms with Gasteiger partial charge in [0, 0.05) is 19.4 Å². The molecule has 1 aromatic heterocycles. The SMILES string of the molecule is CCOC1=C(OC2CCCN(c3cncc(N4C(=O)CC(C)(C)C4=O)n3)C2)C=CCC1. The molecular formula is C23H30N4O4. The summed E-state index contributed by atoms with van der Waals surface area (Å²) in [5.41, 5.74) is -0.710. The van der Waals surface area contributed by atoms with Crippen molar-refractivity contribution in [2.75, 3.05) is 29.5 Å². The molecule has 3 heterocycles. The number of piperidine rings is 1. The summed E-state index contributed by atoms with van der Waals surface area (Å²) in [7, 11) is 0. The van der Waals surface area contributed by atoms with Gasteiger partial charge in [-0.1, -0.05) is 19.9 Å². The Morgan fingerprint density at radius 3 is 2.77 bits per heavy atom. The zero-order valence-electron chi connectivity index (χ0n) is 18.5. The van der Waals surface area contributed by atoms with Gasteiger partial charge < -0.3 is 14.4 Å². The van der Waals surface area contributed by atoms with Crippen LogP contribution in [0.4, 0.5) is 11.6 Å². The highest BCUT2D eigenvalue weighted by Gasteiger charge is 2.46. The van der Waals surface area contributed by atoms with E-state index in [1.807, 2.05) is 13.0 Å². The number of allylic oxidation sites excluding steroid dienone is 3. The molecule has 8 heteroatoms. The van der Waals surface area contributed by atoms with Crippen molar-refractivity contribution in [3.63, 3.8) is 0 Å². The standard InChI is InChI=1S/C23H30N4O4/c1-4-30-17-9-5-6-10-18(17)31-16-8-7-11-26(15-16)19-13-24-14-20(25-19)27-21(28)12-23(2,3)22(27)29/h6,10,13-14,16H,4-5,7-9,11-12,15H2,1-3H3. The van der Waals surface area contributed by atoms with Gasteiger partial charge in [0.05, 0.1) is 31.0 Å². The minimum absolute atomic E-state index is 0.00129. The van der Waals surface area contributed by atoms with Crippen LogP contribution in [0.25, 0.3) is 0 Å². The van der Waals surface area contributed by atoms with Crippen molar-refractivity contribution in [3.8, 4) is 0 Å². The predicted octanol–water partition coefficient (Wildman–Crippen LogP) is 3.35. The van der Waals surface area contributed by atoms with Crippen molar-refractivity contribution in [2.45, 2.75) is 59.0 Å². The normalized spacial score (nSPS) is 23.5. The number of aromatic nitrogens is 2. The summed E-state index contributed by atoms with van der Waals surface area (Å²) < 4.78 is 12.1. The smallest absolute Gasteiger partial charge is 0.241 e. The third kappa shape index (κ3) is 4.43. The monoisotopic (exact) mass is 426 g/mol. The van der Waals surface area contributed by atoms with E-state index in [-0.39, 0.29) is 30.2 Å². The number of amides is 2. The molecule has 0 radical (unpaired) electrons. The summed E-state index contributed by atoms with van der Waals surface area (Å²) >= 11 is 0. The van der Waals surface area contributed by atoms with Gasteiger partial charge in [-0.25, -0.2) is 9.88 Å². The van der Waals surface area contributed by atoms with Crippen LogP contribution in [0.5, 0.6) is 0 Å². The van der Waals surface area contributed by atoms with Crippen molar-refractivity contribution in [1.29, 1.82) is 0 Å². The molecule has 0 saturated carbocycles. The lowest BCUT2D eigenvalue weighted by Gasteiger charge is -2.34. The molecule has 31 heavy (non-hydrogen) atoms. The van der Waals surface area contributed by atoms with Crippen molar-refractivity contribution in [3.05, 3.63) is 36.1 Å². The second kappa shape index (κ2) is 8.69. The Bertz CT molecular complexity index is 924. The van der Waals surface area contributed by atoms with E-state index in [2.05, 4.69) is 20.9 Å². The van der Waals surface area contributed by atoms with Gasteiger partial charge in [-0.15, -0.1) is 0 Å². The maximum Gasteiger partial charge on any atom is 0.241 e. The molecule has 1 aromatic rings. The molecule has 2 saturated heterocycles. The van der Waals surface area contributed by atoms with Crippen molar-refractivity contribution in [1.82, 2.24) is 9.97 Å². The summed E-state index contributed by atoms with van der Waals surface area (Å²) in [5, 5.41) is 0. The average molecular weight is 427 g/mol. The topological polar surface area (TPSA) is 84.9 Å². The number of hydrogen-bond donors (Lipinski definition) is 0. The Kier molecular flexibility index (Phi) is 5.98. The first-order valence-electron chi connectivity index (χ1n) is 11.0. The number of hydrogen-bond acceptors (Lipinski definition) is 7. The molecule has 2 aliphatic heterocycles. The van der Waals surface area contributed by atoms with Gasteiger partial charge in [0.2, 0.25) is 11.8 Å². The fourth-order valence-electron chi connectivity index (χ4n) is 4.25. The van der Waals surface area contributed by atoms with E-state index in [1.54, 1.807) is 20.0 Å². The number of imide groups is 1. The van der Waals surface area contributed by atoms with E-state index in [0.29, 0.717) is 19.0 Å². The lowest BCUT2D eigenvalue weighted by molar-refractivity contribution is -0.124. The molecule has 166 valence electrons. The molecule has 4 rings (SSSR count). The minimum Gasteiger partial charge on any atom is -0.494 e. The minimum atomic E-state index is -0.710. The van der Waals surface area contributed by atoms with Crippen LogP contribution in [0.15, 0.2) is 36.1 Å². The second-order valence-corrected chi connectivity index (χ2v) is 8.82. The Labute approximate surface area is 182 Å². The van der Waals surface area contributed by atoms with Gasteiger partial charge in [-0.05, 0) is 32.3 Å². The lowest BCUT2D eigenvalue weighted by atomic mass is 9.92. The Morgan fingerprint density at radius 2 is 2.03 bits per heavy atom. The second-order valence-electron chi connectivity index (χ2n) is 8.82. The first-order chi connectivity index (χ1) is 14.9. The molecule has 1 aliphatic carbocycles. The van der Waals surface area contributed by atoms with Gasteiger partial charge in [0.15, 0.2) is 11.6 Å². The number of carbonyl (C=O) groups excluding carboxylic acids is 2. The predicted molar refractivity (Wildman–Crippen MR) is 116 cm³/mol. The zero-order chi connectivity index (χ0) is 22.0. The number of carbonyl (C=O) groups is 2. The Morgan fingerprint density at radius 1 is 1.23 bits per heavy atom. The molecule has 8 nitrogen and oxygen atoms in total. The molecule has 2 amide bonds. The van der Waals surface area contributed by atoms with E-state index in [4.69, 9.17) is 9.47 Å². The van der Waals surface area contributed by atoms with Crippen LogP contribution in [0.3, 0.4) is 0 Å². The third-order valence-corrected chi connectivity index (χ3v) is 5.86. The molecule has 2 fully saturated rings. The molecule has 1 unspecified atom stereocenters. The summed E-state index contributed by atoms with van der Waals surface area (Å²) in [5.74, 6) is 2.20. The fraction of sp³-hybridized carbons (Fsp3) is 0.565. The van der Waals surface area contributed by atoms with Crippen LogP contribution >= 0.6 is 0 Å². The first-order valence-corrected chi connectivity index (χ1v) is 11.0. The molecular weight excluding hydrogens is 396 g/mol. The van der Waals surface area contributed by atoms with Crippen molar-refractivity contribution in [2.24, 2.45) is 5.41 Å². The molecule has 0 aromatic carbocycles. The largest absolute Gasteiger partial charge is 0.494 e. The van der Waals surface area contributed by atoms with Crippen LogP contribution in [0.1, 0.15) is 52.9 Å². The number of rotatable bonds is 6. The molecule has 3 aliphatic rings. The summed E-state index contributed by atoms with van der Waals surface area (Å²) in [6.45, 7) is 7.64. The van der Waals surface area contributed by atoms with E-state index >= 15 is 0 Å². The van der Waals surface area contributed by atoms with Crippen molar-refractivity contribution >= 4 is 23.5 Å². The zero-order valence-corrected chi connectivity index (χ0v) is 18.5. The van der Waals surface area contributed by atoms with Crippen LogP contribution in [-0.4, -0.2) is 47.6 Å². The average Bonchev–Trinajstić information content (AvgIpc) is 2.96. The first kappa shape index (κ1) is 21.3. The molecule has 0 bridgehead atoms. The van der Waals surface area contributed by atoms with Crippen LogP contribution in [-0.2, 0) is 19.1 Å². The lowest BCUT2D eigenvalue weighted by Crippen LogP contribution is -2.40. The van der Waals surface area contributed by atoms with Gasteiger partial charge in [-0.3, -0.25) is 14.6 Å². The number of anilines is 2. The summed E-state index contributed by atoms with van der Waals surface area (Å²) in [6, 6.07) is 0. The Balaban J connectivity index is 1.49. The highest BCUT2D eigenvalue weighted by molar-refractivity contribution is 6.21. The molecule has 0 spiro atoms. The van der Waals surface area contributed by atoms with Gasteiger partial charge in [0.1, 0.15) is 17.7 Å². The highest BCUT2D eigenvalue weighted by atomic mass is 16.5. The maximum absolute atomic E-state index is 12.7. The molecule has 0 N–H and O–H groups in total. The van der Waals surface area contributed by atoms with Gasteiger partial charge in [0.25, 0.3) is 0 Å². The van der Waals surface area contributed by atoms with Crippen LogP contribution in [0.2, 0.25) is 0 Å². The summed E-state index contributed by atoms with van der Waals surface area (Å²) in [6.07, 6.45) is 11.2. The van der Waals surface area contributed by atoms with Crippen LogP contribution in [0, 0.1) is 5.41 Å². The van der Waals surface area contributed by atoms with Gasteiger partial charge in [-0.2, -0.15) is 0 Å². The van der Waals surface area contributed by atoms with Gasteiger partial charge >= 0.3 is 0 Å². The van der Waals surface area contributed by atoms with Crippen LogP contribution < -0.4 is 9.80 Å². The van der Waals surface area contributed by atoms with E-state index in [0.717, 1.165) is 43.7 Å². The maximum atomic E-state index is 12.7. The molecule has 1 atom stereocenters. The quantitative estimate of drug-likeness (QED) is 0.645. The van der Waals surface area contributed by atoms with Crippen molar-refractivity contribution < 1.29 is 19.1 Å². The number of nitrogens with zero attached hydrogens (tertiary/aromatic N) is 4. The fourth-order valence-corrected chi connectivity index (χ4v) is 4.25. The van der Waals surface area contributed by atoms with E-state index < -0.39 is 5.41 Å². The highest BCUT2D eigenvalue weighted by Crippen LogP contribution is 2.35. The third-order valence-electron chi connectivity index (χ3n) is 5.86. The number of ether oxygens (including phenoxy) is 2. The Hall–Kier alpha value is -2.90. The summed E-state index contributed by atoms with van der Waals surface area (Å²) in [4.78, 5) is 37.2. The van der Waals surface area contributed by atoms with E-state index in [9.17, 15) is 9.59 Å².